The Morgan fingerprint density at radius 2 is 2.17 bits per heavy atom. The van der Waals surface area contributed by atoms with Gasteiger partial charge in [-0.1, -0.05) is 11.8 Å². The van der Waals surface area contributed by atoms with E-state index < -0.39 is 26.7 Å². The number of sulfone groups is 1. The third-order valence-electron chi connectivity index (χ3n) is 3.91. The van der Waals surface area contributed by atoms with Gasteiger partial charge in [0.1, 0.15) is 11.6 Å². The van der Waals surface area contributed by atoms with Crippen molar-refractivity contribution in [3.8, 4) is 0 Å². The lowest BCUT2D eigenvalue weighted by molar-refractivity contribution is 0.389. The molecule has 130 valence electrons. The molecule has 0 bridgehead atoms. The second-order valence-electron chi connectivity index (χ2n) is 5.86. The van der Waals surface area contributed by atoms with Gasteiger partial charge in [0.25, 0.3) is 5.22 Å². The van der Waals surface area contributed by atoms with Crippen molar-refractivity contribution in [2.24, 2.45) is 5.92 Å². The van der Waals surface area contributed by atoms with Gasteiger partial charge in [0, 0.05) is 17.2 Å². The van der Waals surface area contributed by atoms with Gasteiger partial charge in [-0.05, 0) is 37.5 Å². The smallest absolute Gasteiger partial charge is 0.277 e. The second kappa shape index (κ2) is 6.79. The number of hydrogen-bond donors (Lipinski definition) is 0. The average molecular weight is 374 g/mol. The van der Waals surface area contributed by atoms with Crippen LogP contribution in [-0.2, 0) is 16.3 Å². The first-order chi connectivity index (χ1) is 11.3. The first-order valence-corrected chi connectivity index (χ1v) is 10.2. The van der Waals surface area contributed by atoms with E-state index in [0.29, 0.717) is 18.7 Å². The van der Waals surface area contributed by atoms with Crippen molar-refractivity contribution in [1.82, 2.24) is 10.2 Å². The summed E-state index contributed by atoms with van der Waals surface area (Å²) in [6.07, 6.45) is 1.01. The summed E-state index contributed by atoms with van der Waals surface area (Å²) < 4.78 is 55.5. The van der Waals surface area contributed by atoms with Crippen molar-refractivity contribution in [2.75, 3.05) is 11.5 Å². The molecule has 0 radical (unpaired) electrons. The lowest BCUT2D eigenvalue weighted by Crippen LogP contribution is -2.07. The average Bonchev–Trinajstić information content (AvgIpc) is 3.08. The molecule has 0 amide bonds. The number of halogens is 2. The predicted octanol–water partition coefficient (Wildman–Crippen LogP) is 3.18. The molecule has 2 heterocycles. The maximum absolute atomic E-state index is 13.8. The van der Waals surface area contributed by atoms with Crippen molar-refractivity contribution in [1.29, 1.82) is 0 Å². The molecule has 2 aromatic rings. The summed E-state index contributed by atoms with van der Waals surface area (Å²) in [6.45, 7) is 1.72. The Morgan fingerprint density at radius 3 is 2.88 bits per heavy atom. The third-order valence-corrected chi connectivity index (χ3v) is 6.72. The van der Waals surface area contributed by atoms with Crippen LogP contribution < -0.4 is 0 Å². The standard InChI is InChI=1S/C15H16F2N2O3S2/c1-9(12-7-11(16)2-3-13(12)17)23-15-19-18-14(22-15)6-10-4-5-24(20,21)8-10/h2-3,7,9-10H,4-6,8H2,1H3/t9-,10+/m0/s1. The molecule has 1 aliphatic rings. The normalized spacial score (nSPS) is 21.0. The molecule has 0 spiro atoms. The Labute approximate surface area is 142 Å². The fraction of sp³-hybridized carbons (Fsp3) is 0.467. The van der Waals surface area contributed by atoms with Gasteiger partial charge in [-0.2, -0.15) is 0 Å². The highest BCUT2D eigenvalue weighted by Crippen LogP contribution is 2.35. The summed E-state index contributed by atoms with van der Waals surface area (Å²) in [5, 5.41) is 7.66. The van der Waals surface area contributed by atoms with Crippen LogP contribution in [0.3, 0.4) is 0 Å². The molecule has 0 N–H and O–H groups in total. The molecule has 1 aliphatic heterocycles. The predicted molar refractivity (Wildman–Crippen MR) is 85.4 cm³/mol. The summed E-state index contributed by atoms with van der Waals surface area (Å²) in [4.78, 5) is 0. The minimum Gasteiger partial charge on any atom is -0.416 e. The van der Waals surface area contributed by atoms with E-state index in [1.54, 1.807) is 6.92 Å². The number of thioether (sulfide) groups is 1. The Morgan fingerprint density at radius 1 is 1.38 bits per heavy atom. The summed E-state index contributed by atoms with van der Waals surface area (Å²) in [5.41, 5.74) is 0.224. The monoisotopic (exact) mass is 374 g/mol. The zero-order valence-corrected chi connectivity index (χ0v) is 14.5. The fourth-order valence-corrected chi connectivity index (χ4v) is 5.39. The van der Waals surface area contributed by atoms with Crippen LogP contribution in [0.4, 0.5) is 8.78 Å². The van der Waals surface area contributed by atoms with E-state index in [2.05, 4.69) is 10.2 Å². The molecule has 1 fully saturated rings. The van der Waals surface area contributed by atoms with Gasteiger partial charge in [0.15, 0.2) is 9.84 Å². The summed E-state index contributed by atoms with van der Waals surface area (Å²) >= 11 is 1.13. The van der Waals surface area contributed by atoms with Crippen LogP contribution in [0.25, 0.3) is 0 Å². The molecule has 0 aliphatic carbocycles. The van der Waals surface area contributed by atoms with Crippen molar-refractivity contribution in [3.63, 3.8) is 0 Å². The molecule has 5 nitrogen and oxygen atoms in total. The Hall–Kier alpha value is -1.48. The number of benzene rings is 1. The Balaban J connectivity index is 1.64. The molecule has 0 unspecified atom stereocenters. The topological polar surface area (TPSA) is 73.1 Å². The maximum Gasteiger partial charge on any atom is 0.277 e. The zero-order chi connectivity index (χ0) is 17.3. The Kier molecular flexibility index (Phi) is 4.91. The number of nitrogens with zero attached hydrogens (tertiary/aromatic N) is 2. The van der Waals surface area contributed by atoms with E-state index in [0.717, 1.165) is 30.0 Å². The molecular formula is C15H16F2N2O3S2. The van der Waals surface area contributed by atoms with Crippen LogP contribution in [0.15, 0.2) is 27.8 Å². The van der Waals surface area contributed by atoms with Gasteiger partial charge in [-0.15, -0.1) is 10.2 Å². The van der Waals surface area contributed by atoms with Gasteiger partial charge in [0.05, 0.1) is 11.5 Å². The van der Waals surface area contributed by atoms with Gasteiger partial charge in [0.2, 0.25) is 5.89 Å². The molecular weight excluding hydrogens is 358 g/mol. The van der Waals surface area contributed by atoms with E-state index in [-0.39, 0.29) is 28.2 Å². The SMILES string of the molecule is C[C@H](Sc1nnc(C[C@H]2CCS(=O)(=O)C2)o1)c1cc(F)ccc1F. The lowest BCUT2D eigenvalue weighted by atomic mass is 10.1. The Bertz CT molecular complexity index is 839. The summed E-state index contributed by atoms with van der Waals surface area (Å²) in [5.74, 6) is -0.302. The minimum atomic E-state index is -2.94. The fourth-order valence-electron chi connectivity index (χ4n) is 2.69. The van der Waals surface area contributed by atoms with Crippen LogP contribution in [0.1, 0.15) is 30.0 Å². The highest BCUT2D eigenvalue weighted by molar-refractivity contribution is 7.99. The van der Waals surface area contributed by atoms with Gasteiger partial charge in [-0.3, -0.25) is 0 Å². The van der Waals surface area contributed by atoms with Gasteiger partial charge < -0.3 is 4.42 Å². The minimum absolute atomic E-state index is 0.00797. The van der Waals surface area contributed by atoms with Crippen LogP contribution in [0, 0.1) is 17.6 Å². The maximum atomic E-state index is 13.8. The highest BCUT2D eigenvalue weighted by Gasteiger charge is 2.29. The van der Waals surface area contributed by atoms with Gasteiger partial charge >= 0.3 is 0 Å². The van der Waals surface area contributed by atoms with Crippen molar-refractivity contribution >= 4 is 21.6 Å². The largest absolute Gasteiger partial charge is 0.416 e. The van der Waals surface area contributed by atoms with E-state index in [4.69, 9.17) is 4.42 Å². The molecule has 9 heteroatoms. The highest BCUT2D eigenvalue weighted by atomic mass is 32.2. The van der Waals surface area contributed by atoms with Crippen LogP contribution in [-0.4, -0.2) is 30.1 Å². The van der Waals surface area contributed by atoms with Crippen LogP contribution in [0.5, 0.6) is 0 Å². The molecule has 3 rings (SSSR count). The van der Waals surface area contributed by atoms with E-state index in [1.165, 1.54) is 0 Å². The van der Waals surface area contributed by atoms with E-state index >= 15 is 0 Å². The van der Waals surface area contributed by atoms with Crippen molar-refractivity contribution in [2.45, 2.75) is 30.2 Å². The first-order valence-electron chi connectivity index (χ1n) is 7.47. The molecule has 1 aromatic carbocycles. The van der Waals surface area contributed by atoms with E-state index in [1.807, 2.05) is 0 Å². The molecule has 24 heavy (non-hydrogen) atoms. The van der Waals surface area contributed by atoms with Crippen LogP contribution in [0.2, 0.25) is 0 Å². The molecule has 1 aromatic heterocycles. The second-order valence-corrected chi connectivity index (χ2v) is 9.38. The number of hydrogen-bond acceptors (Lipinski definition) is 6. The van der Waals surface area contributed by atoms with E-state index in [9.17, 15) is 17.2 Å². The lowest BCUT2D eigenvalue weighted by Gasteiger charge is -2.09. The van der Waals surface area contributed by atoms with Gasteiger partial charge in [-0.25, -0.2) is 17.2 Å². The van der Waals surface area contributed by atoms with Crippen molar-refractivity contribution in [3.05, 3.63) is 41.3 Å². The first kappa shape index (κ1) is 17.3. The van der Waals surface area contributed by atoms with Crippen molar-refractivity contribution < 1.29 is 21.6 Å². The number of rotatable bonds is 5. The third kappa shape index (κ3) is 4.13. The van der Waals surface area contributed by atoms with Crippen LogP contribution >= 0.6 is 11.8 Å². The summed E-state index contributed by atoms with van der Waals surface area (Å²) in [7, 11) is -2.94. The molecule has 0 saturated carbocycles. The summed E-state index contributed by atoms with van der Waals surface area (Å²) in [6, 6.07) is 3.30. The quantitative estimate of drug-likeness (QED) is 0.749. The molecule has 1 saturated heterocycles. The number of aromatic nitrogens is 2. The molecule has 2 atom stereocenters. The zero-order valence-electron chi connectivity index (χ0n) is 12.9.